The van der Waals surface area contributed by atoms with Crippen LogP contribution in [0.25, 0.3) is 11.0 Å². The summed E-state index contributed by atoms with van der Waals surface area (Å²) in [7, 11) is 1.59. The molecule has 7 heteroatoms. The lowest BCUT2D eigenvalue weighted by molar-refractivity contribution is 0.0693. The van der Waals surface area contributed by atoms with Crippen molar-refractivity contribution in [1.29, 1.82) is 0 Å². The highest BCUT2D eigenvalue weighted by Gasteiger charge is 2.26. The first-order chi connectivity index (χ1) is 16.1. The number of rotatable bonds is 7. The Labute approximate surface area is 192 Å². The maximum absolute atomic E-state index is 11.7. The van der Waals surface area contributed by atoms with E-state index in [0.29, 0.717) is 23.8 Å². The fourth-order valence-corrected chi connectivity index (χ4v) is 4.92. The van der Waals surface area contributed by atoms with Gasteiger partial charge < -0.3 is 18.8 Å². The molecule has 7 nitrogen and oxygen atoms in total. The van der Waals surface area contributed by atoms with E-state index in [1.165, 1.54) is 10.9 Å². The molecule has 170 valence electrons. The van der Waals surface area contributed by atoms with Crippen molar-refractivity contribution in [3.63, 3.8) is 0 Å². The summed E-state index contributed by atoms with van der Waals surface area (Å²) < 4.78 is 12.9. The van der Waals surface area contributed by atoms with Gasteiger partial charge in [0.1, 0.15) is 11.4 Å². The molecule has 1 aliphatic heterocycles. The number of benzene rings is 1. The van der Waals surface area contributed by atoms with Gasteiger partial charge in [-0.05, 0) is 67.7 Å². The van der Waals surface area contributed by atoms with Gasteiger partial charge in [-0.1, -0.05) is 6.07 Å². The third-order valence-corrected chi connectivity index (χ3v) is 6.59. The van der Waals surface area contributed by atoms with Crippen LogP contribution in [0.2, 0.25) is 0 Å². The van der Waals surface area contributed by atoms with E-state index in [1.54, 1.807) is 31.8 Å². The molecule has 1 aromatic carbocycles. The molecule has 3 aromatic heterocycles. The van der Waals surface area contributed by atoms with Gasteiger partial charge >= 0.3 is 5.97 Å². The molecule has 0 atom stereocenters. The van der Waals surface area contributed by atoms with Crippen LogP contribution in [-0.4, -0.2) is 45.7 Å². The topological polar surface area (TPSA) is 80.7 Å². The number of hydrogen-bond donors (Lipinski definition) is 1. The van der Waals surface area contributed by atoms with Gasteiger partial charge in [0.15, 0.2) is 0 Å². The Balaban J connectivity index is 1.34. The summed E-state index contributed by atoms with van der Waals surface area (Å²) in [5.41, 5.74) is 4.50. The third-order valence-electron chi connectivity index (χ3n) is 6.59. The van der Waals surface area contributed by atoms with Crippen LogP contribution < -0.4 is 4.74 Å². The smallest absolute Gasteiger partial charge is 0.336 e. The minimum Gasteiger partial charge on any atom is -0.496 e. The lowest BCUT2D eigenvalue weighted by Gasteiger charge is -2.32. The van der Waals surface area contributed by atoms with Crippen LogP contribution in [0.4, 0.5) is 0 Å². The molecule has 1 N–H and O–H groups in total. The fourth-order valence-electron chi connectivity index (χ4n) is 4.92. The Hall–Kier alpha value is -3.58. The van der Waals surface area contributed by atoms with Crippen LogP contribution in [0.1, 0.15) is 45.8 Å². The van der Waals surface area contributed by atoms with E-state index in [9.17, 15) is 9.90 Å². The number of carboxylic acids is 1. The highest BCUT2D eigenvalue weighted by Crippen LogP contribution is 2.35. The molecule has 0 radical (unpaired) electrons. The summed E-state index contributed by atoms with van der Waals surface area (Å²) in [4.78, 5) is 18.7. The van der Waals surface area contributed by atoms with Crippen LogP contribution in [0.15, 0.2) is 65.7 Å². The number of methoxy groups -OCH3 is 1. The minimum absolute atomic E-state index is 0.310. The molecular weight excluding hydrogens is 418 g/mol. The zero-order valence-electron chi connectivity index (χ0n) is 18.6. The zero-order valence-corrected chi connectivity index (χ0v) is 18.6. The quantitative estimate of drug-likeness (QED) is 0.442. The van der Waals surface area contributed by atoms with E-state index in [-0.39, 0.29) is 0 Å². The monoisotopic (exact) mass is 445 g/mol. The molecule has 1 aliphatic rings. The van der Waals surface area contributed by atoms with Gasteiger partial charge in [0, 0.05) is 35.5 Å². The van der Waals surface area contributed by atoms with Crippen LogP contribution in [0, 0.1) is 0 Å². The predicted octanol–water partition coefficient (Wildman–Crippen LogP) is 4.76. The Morgan fingerprint density at radius 3 is 2.76 bits per heavy atom. The molecule has 4 aromatic rings. The molecule has 0 amide bonds. The number of pyridine rings is 1. The average Bonchev–Trinajstić information content (AvgIpc) is 3.48. The highest BCUT2D eigenvalue weighted by molar-refractivity contribution is 5.90. The summed E-state index contributed by atoms with van der Waals surface area (Å²) in [5.74, 6) is 0.150. The van der Waals surface area contributed by atoms with Gasteiger partial charge in [-0.3, -0.25) is 4.90 Å². The van der Waals surface area contributed by atoms with Crippen molar-refractivity contribution >= 4 is 17.0 Å². The third kappa shape index (κ3) is 4.24. The van der Waals surface area contributed by atoms with Crippen LogP contribution >= 0.6 is 0 Å². The minimum atomic E-state index is -0.920. The highest BCUT2D eigenvalue weighted by atomic mass is 16.5. The molecular formula is C26H27N3O4. The second kappa shape index (κ2) is 9.11. The molecule has 4 heterocycles. The second-order valence-corrected chi connectivity index (χ2v) is 8.56. The first-order valence-electron chi connectivity index (χ1n) is 11.2. The van der Waals surface area contributed by atoms with Crippen molar-refractivity contribution < 1.29 is 19.1 Å². The number of aromatic carboxylic acids is 1. The van der Waals surface area contributed by atoms with Crippen LogP contribution in [0.5, 0.6) is 5.75 Å². The first-order valence-corrected chi connectivity index (χ1v) is 11.2. The van der Waals surface area contributed by atoms with E-state index in [4.69, 9.17) is 9.15 Å². The number of nitrogens with zero attached hydrogens (tertiary/aromatic N) is 3. The molecule has 0 spiro atoms. The molecule has 0 bridgehead atoms. The number of furan rings is 1. The van der Waals surface area contributed by atoms with Gasteiger partial charge in [0.25, 0.3) is 0 Å². The van der Waals surface area contributed by atoms with Gasteiger partial charge in [0.2, 0.25) is 0 Å². The van der Waals surface area contributed by atoms with Crippen molar-refractivity contribution in [3.05, 3.63) is 83.6 Å². The van der Waals surface area contributed by atoms with Gasteiger partial charge in [0.05, 0.1) is 31.7 Å². The van der Waals surface area contributed by atoms with Crippen molar-refractivity contribution in [2.75, 3.05) is 20.2 Å². The SMILES string of the molecule is COc1cccc(C(=O)O)c1CN1CCC(c2cn(Cc3ccoc3)c3ncccc23)CC1. The summed E-state index contributed by atoms with van der Waals surface area (Å²) in [6, 6.07) is 11.3. The number of carboxylic acid groups (broad SMARTS) is 1. The maximum Gasteiger partial charge on any atom is 0.336 e. The lowest BCUT2D eigenvalue weighted by atomic mass is 9.89. The van der Waals surface area contributed by atoms with E-state index < -0.39 is 5.97 Å². The van der Waals surface area contributed by atoms with E-state index in [0.717, 1.165) is 49.2 Å². The largest absolute Gasteiger partial charge is 0.496 e. The maximum atomic E-state index is 11.7. The molecule has 1 saturated heterocycles. The fraction of sp³-hybridized carbons (Fsp3) is 0.308. The number of fused-ring (bicyclic) bond motifs is 1. The number of piperidine rings is 1. The number of likely N-dealkylation sites (tertiary alicyclic amines) is 1. The van der Waals surface area contributed by atoms with Crippen molar-refractivity contribution in [2.24, 2.45) is 0 Å². The second-order valence-electron chi connectivity index (χ2n) is 8.56. The Morgan fingerprint density at radius 2 is 2.03 bits per heavy atom. The number of aromatic nitrogens is 2. The van der Waals surface area contributed by atoms with E-state index in [1.807, 2.05) is 24.4 Å². The number of hydrogen-bond acceptors (Lipinski definition) is 5. The van der Waals surface area contributed by atoms with Gasteiger partial charge in [-0.15, -0.1) is 0 Å². The standard InChI is InChI=1S/C26H27N3O4/c1-32-24-6-2-4-21(26(30)31)23(24)15-28-11-7-19(8-12-28)22-16-29(14-18-9-13-33-17-18)25-20(22)5-3-10-27-25/h2-6,9-10,13,16-17,19H,7-8,11-12,14-15H2,1H3,(H,30,31). The van der Waals surface area contributed by atoms with E-state index in [2.05, 4.69) is 26.7 Å². The van der Waals surface area contributed by atoms with Crippen LogP contribution in [-0.2, 0) is 13.1 Å². The first kappa shape index (κ1) is 21.3. The predicted molar refractivity (Wildman–Crippen MR) is 125 cm³/mol. The Kier molecular flexibility index (Phi) is 5.88. The molecule has 5 rings (SSSR count). The van der Waals surface area contributed by atoms with Crippen LogP contribution in [0.3, 0.4) is 0 Å². The molecule has 0 unspecified atom stereocenters. The summed E-state index contributed by atoms with van der Waals surface area (Å²) in [6.45, 7) is 3.10. The number of ether oxygens (including phenoxy) is 1. The molecule has 0 saturated carbocycles. The molecule has 33 heavy (non-hydrogen) atoms. The molecule has 0 aliphatic carbocycles. The zero-order chi connectivity index (χ0) is 22.8. The summed E-state index contributed by atoms with van der Waals surface area (Å²) in [6.07, 6.45) is 9.58. The molecule has 1 fully saturated rings. The average molecular weight is 446 g/mol. The van der Waals surface area contributed by atoms with Crippen molar-refractivity contribution in [3.8, 4) is 5.75 Å². The van der Waals surface area contributed by atoms with Gasteiger partial charge in [-0.25, -0.2) is 9.78 Å². The van der Waals surface area contributed by atoms with Gasteiger partial charge in [-0.2, -0.15) is 0 Å². The number of carbonyl (C=O) groups is 1. The van der Waals surface area contributed by atoms with Crippen molar-refractivity contribution in [2.45, 2.75) is 31.8 Å². The summed E-state index contributed by atoms with van der Waals surface area (Å²) >= 11 is 0. The normalized spacial score (nSPS) is 15.2. The summed E-state index contributed by atoms with van der Waals surface area (Å²) in [5, 5.41) is 10.8. The van der Waals surface area contributed by atoms with Crippen molar-refractivity contribution in [1.82, 2.24) is 14.5 Å². The lowest BCUT2D eigenvalue weighted by Crippen LogP contribution is -2.33. The Bertz CT molecular complexity index is 1250. The Morgan fingerprint density at radius 1 is 1.18 bits per heavy atom. The van der Waals surface area contributed by atoms with E-state index >= 15 is 0 Å².